The summed E-state index contributed by atoms with van der Waals surface area (Å²) in [6, 6.07) is 15.2. The van der Waals surface area contributed by atoms with Crippen LogP contribution in [0.1, 0.15) is 46.1 Å². The minimum absolute atomic E-state index is 0.00732. The lowest BCUT2D eigenvalue weighted by atomic mass is 9.98. The zero-order valence-corrected chi connectivity index (χ0v) is 18.3. The Balaban J connectivity index is 1.21. The fourth-order valence-electron chi connectivity index (χ4n) is 4.77. The lowest BCUT2D eigenvalue weighted by molar-refractivity contribution is -0.141. The standard InChI is InChI=1S/C25H23N3O6/c29-23(28-11-5-10-20(28)24(30)31)22-21(34-14-27-22)12-26-25(32)33-13-19-17-8-3-1-6-15(17)16-7-2-4-9-18(16)19/h1-4,6-9,14,19-20H,5,10-13H2,(H,26,32)(H,30,31)/t20-/m0/s1. The monoisotopic (exact) mass is 461 g/mol. The van der Waals surface area contributed by atoms with E-state index in [4.69, 9.17) is 9.15 Å². The highest BCUT2D eigenvalue weighted by Crippen LogP contribution is 2.44. The van der Waals surface area contributed by atoms with Crippen molar-refractivity contribution in [2.24, 2.45) is 0 Å². The molecule has 9 heteroatoms. The first-order valence-corrected chi connectivity index (χ1v) is 11.1. The third-order valence-electron chi connectivity index (χ3n) is 6.38. The van der Waals surface area contributed by atoms with Crippen molar-refractivity contribution < 1.29 is 28.6 Å². The van der Waals surface area contributed by atoms with Crippen molar-refractivity contribution in [2.75, 3.05) is 13.2 Å². The fraction of sp³-hybridized carbons (Fsp3) is 0.280. The Hall–Kier alpha value is -4.14. The molecule has 174 valence electrons. The number of fused-ring (bicyclic) bond motifs is 3. The topological polar surface area (TPSA) is 122 Å². The first-order chi connectivity index (χ1) is 16.5. The second kappa shape index (κ2) is 9.01. The van der Waals surface area contributed by atoms with Gasteiger partial charge in [-0.05, 0) is 35.1 Å². The van der Waals surface area contributed by atoms with Gasteiger partial charge in [0, 0.05) is 12.5 Å². The first-order valence-electron chi connectivity index (χ1n) is 11.1. The number of aromatic nitrogens is 1. The smallest absolute Gasteiger partial charge is 0.407 e. The molecule has 0 spiro atoms. The molecule has 0 radical (unpaired) electrons. The molecule has 1 aliphatic carbocycles. The van der Waals surface area contributed by atoms with Crippen LogP contribution in [-0.4, -0.2) is 52.2 Å². The van der Waals surface area contributed by atoms with Crippen LogP contribution in [0, 0.1) is 0 Å². The minimum Gasteiger partial charge on any atom is -0.480 e. The van der Waals surface area contributed by atoms with E-state index in [1.807, 2.05) is 36.4 Å². The molecule has 2 heterocycles. The van der Waals surface area contributed by atoms with Crippen molar-refractivity contribution in [3.05, 3.63) is 77.5 Å². The zero-order valence-electron chi connectivity index (χ0n) is 18.3. The SMILES string of the molecule is O=C(NCc1ocnc1C(=O)N1CCC[C@H]1C(=O)O)OCC1c2ccccc2-c2ccccc21. The fourth-order valence-corrected chi connectivity index (χ4v) is 4.77. The van der Waals surface area contributed by atoms with E-state index in [1.165, 1.54) is 4.90 Å². The number of carbonyl (C=O) groups is 3. The van der Waals surface area contributed by atoms with Gasteiger partial charge < -0.3 is 24.5 Å². The Morgan fingerprint density at radius 3 is 2.44 bits per heavy atom. The number of nitrogens with one attached hydrogen (secondary N) is 1. The number of likely N-dealkylation sites (tertiary alicyclic amines) is 1. The van der Waals surface area contributed by atoms with E-state index >= 15 is 0 Å². The molecule has 1 fully saturated rings. The van der Waals surface area contributed by atoms with Crippen molar-refractivity contribution in [3.8, 4) is 11.1 Å². The summed E-state index contributed by atoms with van der Waals surface area (Å²) in [4.78, 5) is 41.9. The van der Waals surface area contributed by atoms with Gasteiger partial charge in [0.1, 0.15) is 12.6 Å². The number of alkyl carbamates (subject to hydrolysis) is 1. The number of ether oxygens (including phenoxy) is 1. The summed E-state index contributed by atoms with van der Waals surface area (Å²) in [6.45, 7) is 0.390. The molecule has 9 nitrogen and oxygen atoms in total. The maximum atomic E-state index is 12.8. The molecule has 2 N–H and O–H groups in total. The Morgan fingerprint density at radius 1 is 1.09 bits per heavy atom. The number of nitrogens with zero attached hydrogens (tertiary/aromatic N) is 2. The summed E-state index contributed by atoms with van der Waals surface area (Å²) >= 11 is 0. The highest BCUT2D eigenvalue weighted by atomic mass is 16.5. The Labute approximate surface area is 195 Å². The molecule has 1 atom stereocenters. The maximum absolute atomic E-state index is 12.8. The first kappa shape index (κ1) is 21.7. The largest absolute Gasteiger partial charge is 0.480 e. The number of rotatable bonds is 6. The number of carbonyl (C=O) groups excluding carboxylic acids is 2. The van der Waals surface area contributed by atoms with Crippen LogP contribution in [0.2, 0.25) is 0 Å². The number of carboxylic acid groups (broad SMARTS) is 1. The quantitative estimate of drug-likeness (QED) is 0.577. The lowest BCUT2D eigenvalue weighted by Gasteiger charge is -2.20. The average Bonchev–Trinajstić information content (AvgIpc) is 3.59. The molecular weight excluding hydrogens is 438 g/mol. The molecule has 0 bridgehead atoms. The van der Waals surface area contributed by atoms with Gasteiger partial charge in [0.2, 0.25) is 0 Å². The van der Waals surface area contributed by atoms with Crippen molar-refractivity contribution >= 4 is 18.0 Å². The van der Waals surface area contributed by atoms with Crippen LogP contribution in [-0.2, 0) is 16.1 Å². The van der Waals surface area contributed by atoms with Gasteiger partial charge in [-0.3, -0.25) is 4.79 Å². The summed E-state index contributed by atoms with van der Waals surface area (Å²) in [6.07, 6.45) is 1.45. The number of hydrogen-bond acceptors (Lipinski definition) is 6. The van der Waals surface area contributed by atoms with Crippen molar-refractivity contribution in [1.82, 2.24) is 15.2 Å². The molecule has 1 aromatic heterocycles. The number of carboxylic acids is 1. The van der Waals surface area contributed by atoms with E-state index in [0.717, 1.165) is 28.6 Å². The van der Waals surface area contributed by atoms with Gasteiger partial charge in [-0.1, -0.05) is 48.5 Å². The van der Waals surface area contributed by atoms with Gasteiger partial charge in [0.05, 0.1) is 6.54 Å². The van der Waals surface area contributed by atoms with E-state index in [1.54, 1.807) is 0 Å². The molecule has 5 rings (SSSR count). The maximum Gasteiger partial charge on any atom is 0.407 e. The number of amides is 2. The molecule has 2 aromatic carbocycles. The van der Waals surface area contributed by atoms with E-state index < -0.39 is 24.0 Å². The van der Waals surface area contributed by atoms with Crippen LogP contribution in [0.25, 0.3) is 11.1 Å². The summed E-state index contributed by atoms with van der Waals surface area (Å²) in [5, 5.41) is 11.9. The molecule has 2 amide bonds. The summed E-state index contributed by atoms with van der Waals surface area (Å²) in [5.74, 6) is -1.49. The Kier molecular flexibility index (Phi) is 5.75. The Morgan fingerprint density at radius 2 is 1.76 bits per heavy atom. The van der Waals surface area contributed by atoms with Crippen LogP contribution in [0.4, 0.5) is 4.79 Å². The predicted octanol–water partition coefficient (Wildman–Crippen LogP) is 3.40. The highest BCUT2D eigenvalue weighted by Gasteiger charge is 2.36. The van der Waals surface area contributed by atoms with E-state index in [0.29, 0.717) is 19.4 Å². The van der Waals surface area contributed by atoms with Crippen LogP contribution >= 0.6 is 0 Å². The van der Waals surface area contributed by atoms with Gasteiger partial charge in [0.15, 0.2) is 17.8 Å². The third-order valence-corrected chi connectivity index (χ3v) is 6.38. The van der Waals surface area contributed by atoms with Gasteiger partial charge in [-0.25, -0.2) is 14.6 Å². The van der Waals surface area contributed by atoms with Crippen LogP contribution < -0.4 is 5.32 Å². The molecule has 1 aliphatic heterocycles. The molecule has 3 aromatic rings. The van der Waals surface area contributed by atoms with E-state index in [2.05, 4.69) is 22.4 Å². The Bertz CT molecular complexity index is 1210. The number of benzene rings is 2. The summed E-state index contributed by atoms with van der Waals surface area (Å²) in [5.41, 5.74) is 4.49. The predicted molar refractivity (Wildman–Crippen MR) is 120 cm³/mol. The summed E-state index contributed by atoms with van der Waals surface area (Å²) < 4.78 is 10.8. The average molecular weight is 461 g/mol. The lowest BCUT2D eigenvalue weighted by Crippen LogP contribution is -2.41. The molecule has 1 saturated heterocycles. The van der Waals surface area contributed by atoms with E-state index in [-0.39, 0.29) is 30.5 Å². The van der Waals surface area contributed by atoms with Gasteiger partial charge >= 0.3 is 12.1 Å². The van der Waals surface area contributed by atoms with Crippen molar-refractivity contribution in [3.63, 3.8) is 0 Å². The van der Waals surface area contributed by atoms with Gasteiger partial charge in [-0.2, -0.15) is 0 Å². The minimum atomic E-state index is -1.05. The molecule has 2 aliphatic rings. The van der Waals surface area contributed by atoms with E-state index in [9.17, 15) is 19.5 Å². The summed E-state index contributed by atoms with van der Waals surface area (Å²) in [7, 11) is 0. The van der Waals surface area contributed by atoms with Crippen LogP contribution in [0.5, 0.6) is 0 Å². The second-order valence-electron chi connectivity index (χ2n) is 8.30. The van der Waals surface area contributed by atoms with Gasteiger partial charge in [-0.15, -0.1) is 0 Å². The third kappa shape index (κ3) is 3.89. The normalized spacial score (nSPS) is 16.7. The number of hydrogen-bond donors (Lipinski definition) is 2. The van der Waals surface area contributed by atoms with Gasteiger partial charge in [0.25, 0.3) is 5.91 Å². The molecule has 0 saturated carbocycles. The molecular formula is C25H23N3O6. The molecule has 0 unspecified atom stereocenters. The second-order valence-corrected chi connectivity index (χ2v) is 8.30. The highest BCUT2D eigenvalue weighted by molar-refractivity contribution is 5.96. The van der Waals surface area contributed by atoms with Crippen LogP contribution in [0.3, 0.4) is 0 Å². The van der Waals surface area contributed by atoms with Crippen molar-refractivity contribution in [2.45, 2.75) is 31.3 Å². The molecule has 34 heavy (non-hydrogen) atoms. The van der Waals surface area contributed by atoms with Crippen LogP contribution in [0.15, 0.2) is 59.3 Å². The van der Waals surface area contributed by atoms with Crippen molar-refractivity contribution in [1.29, 1.82) is 0 Å². The number of aliphatic carboxylic acids is 1. The number of oxazole rings is 1. The zero-order chi connectivity index (χ0) is 23.7.